The maximum Gasteiger partial charge on any atom is 0.256 e. The van der Waals surface area contributed by atoms with Gasteiger partial charge in [0.15, 0.2) is 0 Å². The van der Waals surface area contributed by atoms with Crippen molar-refractivity contribution in [1.29, 1.82) is 0 Å². The number of aromatic nitrogens is 1. The van der Waals surface area contributed by atoms with Crippen molar-refractivity contribution in [2.45, 2.75) is 25.3 Å². The second-order valence-corrected chi connectivity index (χ2v) is 4.51. The monoisotopic (exact) mass is 250 g/mol. The van der Waals surface area contributed by atoms with Crippen LogP contribution in [0.3, 0.4) is 0 Å². The normalized spacial score (nSPS) is 22.8. The smallest absolute Gasteiger partial charge is 0.256 e. The number of ether oxygens (including phenoxy) is 1. The van der Waals surface area contributed by atoms with Gasteiger partial charge >= 0.3 is 0 Å². The van der Waals surface area contributed by atoms with E-state index in [2.05, 4.69) is 10.3 Å². The summed E-state index contributed by atoms with van der Waals surface area (Å²) in [5.41, 5.74) is 0.434. The Morgan fingerprint density at radius 1 is 1.61 bits per heavy atom. The van der Waals surface area contributed by atoms with Gasteiger partial charge in [0.05, 0.1) is 7.11 Å². The first-order valence-corrected chi connectivity index (χ1v) is 6.17. The Morgan fingerprint density at radius 3 is 3.17 bits per heavy atom. The van der Waals surface area contributed by atoms with E-state index < -0.39 is 0 Å². The number of methoxy groups -OCH3 is 1. The maximum atomic E-state index is 12.1. The molecule has 98 valence electrons. The van der Waals surface area contributed by atoms with Gasteiger partial charge in [-0.25, -0.2) is 4.98 Å². The van der Waals surface area contributed by atoms with E-state index in [1.54, 1.807) is 18.3 Å². The molecule has 5 nitrogen and oxygen atoms in total. The number of pyridine rings is 1. The van der Waals surface area contributed by atoms with Crippen molar-refractivity contribution in [3.8, 4) is 5.88 Å². The molecule has 18 heavy (non-hydrogen) atoms. The predicted octanol–water partition coefficient (Wildman–Crippen LogP) is 0.981. The summed E-state index contributed by atoms with van der Waals surface area (Å²) in [5, 5.41) is 12.2. The van der Waals surface area contributed by atoms with Crippen LogP contribution in [-0.2, 0) is 0 Å². The summed E-state index contributed by atoms with van der Waals surface area (Å²) in [6.45, 7) is 0.120. The van der Waals surface area contributed by atoms with Crippen molar-refractivity contribution in [1.82, 2.24) is 10.3 Å². The Kier molecular flexibility index (Phi) is 4.15. The minimum atomic E-state index is -0.190. The summed E-state index contributed by atoms with van der Waals surface area (Å²) in [5.74, 6) is 0.301. The van der Waals surface area contributed by atoms with Crippen LogP contribution in [0.4, 0.5) is 0 Å². The molecule has 0 aromatic carbocycles. The zero-order chi connectivity index (χ0) is 13.0. The highest BCUT2D eigenvalue weighted by Gasteiger charge is 2.28. The number of rotatable bonds is 4. The molecule has 2 rings (SSSR count). The fourth-order valence-corrected chi connectivity index (χ4v) is 2.42. The van der Waals surface area contributed by atoms with Crippen molar-refractivity contribution in [3.63, 3.8) is 0 Å². The van der Waals surface area contributed by atoms with Gasteiger partial charge in [-0.1, -0.05) is 6.42 Å². The third-order valence-electron chi connectivity index (χ3n) is 3.42. The molecular weight excluding hydrogens is 232 g/mol. The minimum absolute atomic E-state index is 0.0485. The zero-order valence-electron chi connectivity index (χ0n) is 10.4. The van der Waals surface area contributed by atoms with Gasteiger partial charge in [0, 0.05) is 24.8 Å². The van der Waals surface area contributed by atoms with Gasteiger partial charge in [-0.15, -0.1) is 0 Å². The number of hydrogen-bond donors (Lipinski definition) is 2. The van der Waals surface area contributed by atoms with Gasteiger partial charge < -0.3 is 15.2 Å². The van der Waals surface area contributed by atoms with Crippen LogP contribution in [0, 0.1) is 5.92 Å². The zero-order valence-corrected chi connectivity index (χ0v) is 10.4. The van der Waals surface area contributed by atoms with Crippen LogP contribution in [0.2, 0.25) is 0 Å². The van der Waals surface area contributed by atoms with E-state index in [9.17, 15) is 9.90 Å². The fourth-order valence-electron chi connectivity index (χ4n) is 2.42. The van der Waals surface area contributed by atoms with Crippen molar-refractivity contribution < 1.29 is 14.6 Å². The van der Waals surface area contributed by atoms with Gasteiger partial charge in [-0.05, 0) is 25.0 Å². The molecule has 1 saturated carbocycles. The lowest BCUT2D eigenvalue weighted by Crippen LogP contribution is -2.38. The van der Waals surface area contributed by atoms with E-state index in [4.69, 9.17) is 4.74 Å². The number of carbonyl (C=O) groups excluding carboxylic acids is 1. The highest BCUT2D eigenvalue weighted by atomic mass is 16.5. The van der Waals surface area contributed by atoms with Crippen molar-refractivity contribution >= 4 is 5.91 Å². The molecule has 0 bridgehead atoms. The van der Waals surface area contributed by atoms with Gasteiger partial charge in [0.25, 0.3) is 5.91 Å². The topological polar surface area (TPSA) is 71.5 Å². The summed E-state index contributed by atoms with van der Waals surface area (Å²) >= 11 is 0. The summed E-state index contributed by atoms with van der Waals surface area (Å²) in [4.78, 5) is 16.1. The summed E-state index contributed by atoms with van der Waals surface area (Å²) in [7, 11) is 1.49. The summed E-state index contributed by atoms with van der Waals surface area (Å²) < 4.78 is 5.06. The largest absolute Gasteiger partial charge is 0.480 e. The first-order valence-electron chi connectivity index (χ1n) is 6.17. The molecule has 1 aliphatic rings. The van der Waals surface area contributed by atoms with Gasteiger partial charge in [0.2, 0.25) is 5.88 Å². The van der Waals surface area contributed by atoms with E-state index in [0.717, 1.165) is 19.3 Å². The number of amides is 1. The Balaban J connectivity index is 2.07. The highest BCUT2D eigenvalue weighted by molar-refractivity contribution is 5.96. The maximum absolute atomic E-state index is 12.1. The lowest BCUT2D eigenvalue weighted by atomic mass is 10.0. The quantitative estimate of drug-likeness (QED) is 0.835. The van der Waals surface area contributed by atoms with Crippen molar-refractivity contribution in [2.75, 3.05) is 13.7 Å². The molecule has 1 amide bonds. The number of hydrogen-bond acceptors (Lipinski definition) is 4. The first-order chi connectivity index (χ1) is 8.76. The molecule has 1 aliphatic carbocycles. The van der Waals surface area contributed by atoms with Crippen molar-refractivity contribution in [2.24, 2.45) is 5.92 Å². The Morgan fingerprint density at radius 2 is 2.44 bits per heavy atom. The molecule has 1 aromatic heterocycles. The van der Waals surface area contributed by atoms with E-state index in [1.165, 1.54) is 7.11 Å². The molecule has 1 fully saturated rings. The highest BCUT2D eigenvalue weighted by Crippen LogP contribution is 2.25. The Hall–Kier alpha value is -1.62. The van der Waals surface area contributed by atoms with Crippen molar-refractivity contribution in [3.05, 3.63) is 23.9 Å². The van der Waals surface area contributed by atoms with Crippen LogP contribution in [0.25, 0.3) is 0 Å². The molecule has 0 radical (unpaired) electrons. The molecule has 0 aliphatic heterocycles. The molecule has 0 saturated heterocycles. The van der Waals surface area contributed by atoms with E-state index in [0.29, 0.717) is 11.4 Å². The van der Waals surface area contributed by atoms with Gasteiger partial charge in [0.1, 0.15) is 5.56 Å². The number of nitrogens with zero attached hydrogens (tertiary/aromatic N) is 1. The Labute approximate surface area is 106 Å². The molecule has 2 atom stereocenters. The third-order valence-corrected chi connectivity index (χ3v) is 3.42. The average Bonchev–Trinajstić information content (AvgIpc) is 2.85. The molecule has 2 unspecified atom stereocenters. The third kappa shape index (κ3) is 2.61. The number of carbonyl (C=O) groups is 1. The van der Waals surface area contributed by atoms with Crippen LogP contribution < -0.4 is 10.1 Å². The molecule has 0 spiro atoms. The van der Waals surface area contributed by atoms with E-state index in [1.807, 2.05) is 0 Å². The number of nitrogens with one attached hydrogen (secondary N) is 1. The number of aliphatic hydroxyl groups excluding tert-OH is 1. The molecule has 1 heterocycles. The summed E-state index contributed by atoms with van der Waals surface area (Å²) in [6.07, 6.45) is 4.51. The van der Waals surface area contributed by atoms with Crippen LogP contribution in [0.15, 0.2) is 18.3 Å². The predicted molar refractivity (Wildman–Crippen MR) is 66.5 cm³/mol. The SMILES string of the molecule is COc1ncccc1C(=O)NC1CCCC1CO. The second-order valence-electron chi connectivity index (χ2n) is 4.51. The fraction of sp³-hybridized carbons (Fsp3) is 0.538. The summed E-state index contributed by atoms with van der Waals surface area (Å²) in [6, 6.07) is 3.44. The lowest BCUT2D eigenvalue weighted by Gasteiger charge is -2.19. The Bertz CT molecular complexity index is 422. The van der Waals surface area contributed by atoms with Gasteiger partial charge in [-0.3, -0.25) is 4.79 Å². The first kappa shape index (κ1) is 12.8. The standard InChI is InChI=1S/C13H18N2O3/c1-18-13-10(5-3-7-14-13)12(17)15-11-6-2-4-9(11)8-16/h3,5,7,9,11,16H,2,4,6,8H2,1H3,(H,15,17). The van der Waals surface area contributed by atoms with Crippen LogP contribution in [0.5, 0.6) is 5.88 Å². The van der Waals surface area contributed by atoms with E-state index >= 15 is 0 Å². The molecule has 1 aromatic rings. The molecule has 5 heteroatoms. The minimum Gasteiger partial charge on any atom is -0.480 e. The van der Waals surface area contributed by atoms with Crippen LogP contribution in [0.1, 0.15) is 29.6 Å². The molecular formula is C13H18N2O3. The van der Waals surface area contributed by atoms with Crippen LogP contribution in [-0.4, -0.2) is 35.8 Å². The second kappa shape index (κ2) is 5.82. The van der Waals surface area contributed by atoms with E-state index in [-0.39, 0.29) is 24.5 Å². The lowest BCUT2D eigenvalue weighted by molar-refractivity contribution is 0.0912. The number of aliphatic hydroxyl groups is 1. The van der Waals surface area contributed by atoms with Gasteiger partial charge in [-0.2, -0.15) is 0 Å². The van der Waals surface area contributed by atoms with Crippen LogP contribution >= 0.6 is 0 Å². The molecule has 2 N–H and O–H groups in total. The average molecular weight is 250 g/mol.